The van der Waals surface area contributed by atoms with Crippen molar-refractivity contribution < 1.29 is 14.2 Å². The van der Waals surface area contributed by atoms with Crippen LogP contribution in [0, 0.1) is 0 Å². The Labute approximate surface area is 109 Å². The molecule has 0 spiro atoms. The van der Waals surface area contributed by atoms with E-state index in [-0.39, 0.29) is 6.29 Å². The van der Waals surface area contributed by atoms with Crippen LogP contribution in [0.2, 0.25) is 0 Å². The molecule has 100 valence electrons. The lowest BCUT2D eigenvalue weighted by molar-refractivity contribution is -0.183. The average molecular weight is 250 g/mol. The van der Waals surface area contributed by atoms with Gasteiger partial charge in [-0.15, -0.1) is 0 Å². The zero-order chi connectivity index (χ0) is 12.8. The predicted molar refractivity (Wildman–Crippen MR) is 71.0 cm³/mol. The first-order valence-electron chi connectivity index (χ1n) is 6.71. The van der Waals surface area contributed by atoms with Crippen LogP contribution >= 0.6 is 0 Å². The van der Waals surface area contributed by atoms with Gasteiger partial charge in [0.1, 0.15) is 5.75 Å². The first kappa shape index (κ1) is 13.4. The number of benzene rings is 1. The van der Waals surface area contributed by atoms with Crippen molar-refractivity contribution in [2.24, 2.45) is 0 Å². The smallest absolute Gasteiger partial charge is 0.160 e. The van der Waals surface area contributed by atoms with E-state index in [9.17, 15) is 0 Å². The van der Waals surface area contributed by atoms with Crippen LogP contribution in [0.4, 0.5) is 0 Å². The normalized spacial score (nSPS) is 17.1. The lowest BCUT2D eigenvalue weighted by Gasteiger charge is -2.23. The van der Waals surface area contributed by atoms with Crippen LogP contribution in [0.25, 0.3) is 0 Å². The molecular weight excluding hydrogens is 228 g/mol. The molecule has 1 aromatic rings. The van der Waals surface area contributed by atoms with E-state index in [1.165, 1.54) is 5.56 Å². The molecule has 2 rings (SSSR count). The van der Waals surface area contributed by atoms with Gasteiger partial charge < -0.3 is 14.2 Å². The van der Waals surface area contributed by atoms with Crippen molar-refractivity contribution in [3.8, 4) is 5.75 Å². The Morgan fingerprint density at radius 2 is 1.83 bits per heavy atom. The Morgan fingerprint density at radius 3 is 2.44 bits per heavy atom. The third-order valence-electron chi connectivity index (χ3n) is 3.07. The van der Waals surface area contributed by atoms with Crippen LogP contribution < -0.4 is 4.74 Å². The summed E-state index contributed by atoms with van der Waals surface area (Å²) < 4.78 is 16.6. The molecule has 1 aliphatic rings. The first-order chi connectivity index (χ1) is 8.75. The molecule has 1 fully saturated rings. The molecular formula is C15H22O3. The van der Waals surface area contributed by atoms with E-state index in [4.69, 9.17) is 14.2 Å². The minimum absolute atomic E-state index is 0.0892. The predicted octanol–water partition coefficient (Wildman–Crippen LogP) is 3.34. The van der Waals surface area contributed by atoms with E-state index in [0.29, 0.717) is 12.5 Å². The fourth-order valence-electron chi connectivity index (χ4n) is 1.93. The highest BCUT2D eigenvalue weighted by Crippen LogP contribution is 2.19. The van der Waals surface area contributed by atoms with Gasteiger partial charge in [-0.3, -0.25) is 0 Å². The van der Waals surface area contributed by atoms with Gasteiger partial charge in [-0.2, -0.15) is 0 Å². The Hall–Kier alpha value is -1.06. The van der Waals surface area contributed by atoms with Crippen LogP contribution in [0.3, 0.4) is 0 Å². The zero-order valence-corrected chi connectivity index (χ0v) is 11.2. The molecule has 1 heterocycles. The summed E-state index contributed by atoms with van der Waals surface area (Å²) in [5.41, 5.74) is 1.33. The van der Waals surface area contributed by atoms with Gasteiger partial charge >= 0.3 is 0 Å². The third kappa shape index (κ3) is 4.00. The van der Waals surface area contributed by atoms with Crippen molar-refractivity contribution in [3.05, 3.63) is 29.8 Å². The van der Waals surface area contributed by atoms with Gasteiger partial charge in [-0.05, 0) is 30.0 Å². The molecule has 0 atom stereocenters. The first-order valence-corrected chi connectivity index (χ1v) is 6.71. The molecule has 0 amide bonds. The van der Waals surface area contributed by atoms with Gasteiger partial charge in [0, 0.05) is 6.42 Å². The molecule has 18 heavy (non-hydrogen) atoms. The van der Waals surface area contributed by atoms with Gasteiger partial charge in [0.15, 0.2) is 6.29 Å². The molecule has 1 aromatic carbocycles. The molecule has 3 nitrogen and oxygen atoms in total. The molecule has 0 N–H and O–H groups in total. The van der Waals surface area contributed by atoms with Gasteiger partial charge in [-0.25, -0.2) is 0 Å². The monoisotopic (exact) mass is 250 g/mol. The van der Waals surface area contributed by atoms with Crippen LogP contribution in [-0.4, -0.2) is 26.1 Å². The van der Waals surface area contributed by atoms with E-state index < -0.39 is 0 Å². The molecule has 0 aromatic heterocycles. The molecule has 1 aliphatic heterocycles. The lowest BCUT2D eigenvalue weighted by atomic mass is 10.0. The Balaban J connectivity index is 1.72. The maximum Gasteiger partial charge on any atom is 0.160 e. The Morgan fingerprint density at radius 1 is 1.17 bits per heavy atom. The summed E-state index contributed by atoms with van der Waals surface area (Å²) in [4.78, 5) is 0. The topological polar surface area (TPSA) is 27.7 Å². The Bertz CT molecular complexity index is 339. The molecule has 0 bridgehead atoms. The van der Waals surface area contributed by atoms with E-state index in [2.05, 4.69) is 26.0 Å². The maximum atomic E-state index is 5.68. The summed E-state index contributed by atoms with van der Waals surface area (Å²) in [6.45, 7) is 6.61. The second-order valence-corrected chi connectivity index (χ2v) is 4.89. The van der Waals surface area contributed by atoms with Crippen LogP contribution in [0.5, 0.6) is 5.75 Å². The molecule has 0 aliphatic carbocycles. The van der Waals surface area contributed by atoms with Gasteiger partial charge in [0.05, 0.1) is 19.8 Å². The minimum atomic E-state index is -0.0892. The number of rotatable bonds is 5. The third-order valence-corrected chi connectivity index (χ3v) is 3.07. The summed E-state index contributed by atoms with van der Waals surface area (Å²) in [6, 6.07) is 8.29. The zero-order valence-electron chi connectivity index (χ0n) is 11.2. The number of ether oxygens (including phenoxy) is 3. The molecule has 0 saturated carbocycles. The van der Waals surface area contributed by atoms with Crippen molar-refractivity contribution in [1.29, 1.82) is 0 Å². The standard InChI is InChI=1S/C15H22O3/c1-12(2)13-4-6-14(7-5-13)16-11-8-15-17-9-3-10-18-15/h4-7,12,15H,3,8-11H2,1-2H3. The van der Waals surface area contributed by atoms with Gasteiger partial charge in [0.25, 0.3) is 0 Å². The number of hydrogen-bond acceptors (Lipinski definition) is 3. The SMILES string of the molecule is CC(C)c1ccc(OCCC2OCCCO2)cc1. The second-order valence-electron chi connectivity index (χ2n) is 4.89. The highest BCUT2D eigenvalue weighted by molar-refractivity contribution is 5.28. The largest absolute Gasteiger partial charge is 0.493 e. The summed E-state index contributed by atoms with van der Waals surface area (Å²) >= 11 is 0. The molecule has 3 heteroatoms. The summed E-state index contributed by atoms with van der Waals surface area (Å²) in [5.74, 6) is 1.47. The lowest BCUT2D eigenvalue weighted by Crippen LogP contribution is -2.26. The average Bonchev–Trinajstić information content (AvgIpc) is 2.40. The fraction of sp³-hybridized carbons (Fsp3) is 0.600. The Kier molecular flexibility index (Phi) is 5.02. The van der Waals surface area contributed by atoms with Gasteiger partial charge in [-0.1, -0.05) is 26.0 Å². The second kappa shape index (κ2) is 6.76. The van der Waals surface area contributed by atoms with E-state index in [1.54, 1.807) is 0 Å². The van der Waals surface area contributed by atoms with Crippen molar-refractivity contribution in [2.75, 3.05) is 19.8 Å². The quantitative estimate of drug-likeness (QED) is 0.802. The van der Waals surface area contributed by atoms with Crippen molar-refractivity contribution >= 4 is 0 Å². The number of hydrogen-bond donors (Lipinski definition) is 0. The van der Waals surface area contributed by atoms with Crippen LogP contribution in [0.1, 0.15) is 38.2 Å². The van der Waals surface area contributed by atoms with Gasteiger partial charge in [0.2, 0.25) is 0 Å². The highest BCUT2D eigenvalue weighted by atomic mass is 16.7. The molecule has 0 radical (unpaired) electrons. The van der Waals surface area contributed by atoms with Crippen molar-refractivity contribution in [1.82, 2.24) is 0 Å². The highest BCUT2D eigenvalue weighted by Gasteiger charge is 2.13. The van der Waals surface area contributed by atoms with E-state index >= 15 is 0 Å². The molecule has 1 saturated heterocycles. The summed E-state index contributed by atoms with van der Waals surface area (Å²) in [6.07, 6.45) is 1.69. The van der Waals surface area contributed by atoms with Crippen molar-refractivity contribution in [2.45, 2.75) is 38.9 Å². The van der Waals surface area contributed by atoms with E-state index in [1.807, 2.05) is 12.1 Å². The summed E-state index contributed by atoms with van der Waals surface area (Å²) in [7, 11) is 0. The van der Waals surface area contributed by atoms with Crippen molar-refractivity contribution in [3.63, 3.8) is 0 Å². The molecule has 0 unspecified atom stereocenters. The van der Waals surface area contributed by atoms with Crippen LogP contribution in [0.15, 0.2) is 24.3 Å². The van der Waals surface area contributed by atoms with Crippen LogP contribution in [-0.2, 0) is 9.47 Å². The van der Waals surface area contributed by atoms with E-state index in [0.717, 1.165) is 31.8 Å². The fourth-order valence-corrected chi connectivity index (χ4v) is 1.93. The summed E-state index contributed by atoms with van der Waals surface area (Å²) in [5, 5.41) is 0. The minimum Gasteiger partial charge on any atom is -0.493 e. The maximum absolute atomic E-state index is 5.68.